The van der Waals surface area contributed by atoms with Crippen molar-refractivity contribution in [1.82, 2.24) is 0 Å². The summed E-state index contributed by atoms with van der Waals surface area (Å²) in [6.07, 6.45) is 37.8. The molecule has 0 aliphatic rings. The van der Waals surface area contributed by atoms with Gasteiger partial charge in [-0.1, -0.05) is 168 Å². The van der Waals surface area contributed by atoms with Crippen LogP contribution < -0.4 is 0 Å². The molecule has 0 bridgehead atoms. The molecule has 1 radical (unpaired) electrons. The van der Waals surface area contributed by atoms with Gasteiger partial charge in [-0.25, -0.2) is 0 Å². The summed E-state index contributed by atoms with van der Waals surface area (Å²) in [6.45, 7) is 6.98. The molecule has 0 aromatic heterocycles. The molecule has 0 nitrogen and oxygen atoms in total. The minimum atomic E-state index is 1.35. The van der Waals surface area contributed by atoms with Crippen molar-refractivity contribution >= 4 is 0 Å². The summed E-state index contributed by atoms with van der Waals surface area (Å²) < 4.78 is 0. The summed E-state index contributed by atoms with van der Waals surface area (Å²) in [5.74, 6) is 1.89. The third-order valence-corrected chi connectivity index (χ3v) is 6.87. The molecule has 0 fully saturated rings. The average Bonchev–Trinajstić information content (AvgIpc) is 2.75. The van der Waals surface area contributed by atoms with Crippen LogP contribution in [-0.4, -0.2) is 0 Å². The van der Waals surface area contributed by atoms with E-state index in [1.807, 2.05) is 5.92 Å². The second-order valence-electron chi connectivity index (χ2n) is 10.1. The molecule has 0 amide bonds. The van der Waals surface area contributed by atoms with Gasteiger partial charge in [0.05, 0.1) is 0 Å². The van der Waals surface area contributed by atoms with Gasteiger partial charge in [0.25, 0.3) is 0 Å². The van der Waals surface area contributed by atoms with Gasteiger partial charge in [-0.3, -0.25) is 0 Å². The molecule has 0 aliphatic heterocycles. The van der Waals surface area contributed by atoms with Gasteiger partial charge in [-0.15, -0.1) is 0 Å². The fourth-order valence-electron chi connectivity index (χ4n) is 4.81. The van der Waals surface area contributed by atoms with Crippen molar-refractivity contribution in [2.24, 2.45) is 0 Å². The van der Waals surface area contributed by atoms with Crippen LogP contribution in [0.1, 0.15) is 188 Å². The van der Waals surface area contributed by atoms with Gasteiger partial charge >= 0.3 is 0 Å². The Morgan fingerprint density at radius 3 is 0.800 bits per heavy atom. The van der Waals surface area contributed by atoms with Crippen molar-refractivity contribution in [3.63, 3.8) is 0 Å². The van der Waals surface area contributed by atoms with Crippen molar-refractivity contribution in [2.45, 2.75) is 188 Å². The van der Waals surface area contributed by atoms with Crippen LogP contribution in [0.2, 0.25) is 0 Å². The Morgan fingerprint density at radius 1 is 0.267 bits per heavy atom. The third kappa shape index (κ3) is 24.3. The highest BCUT2D eigenvalue weighted by Crippen LogP contribution is 2.25. The Bertz CT molecular complexity index is 282. The van der Waals surface area contributed by atoms with Crippen LogP contribution in [0, 0.1) is 5.92 Å². The monoisotopic (exact) mass is 421 g/mol. The highest BCUT2D eigenvalue weighted by Gasteiger charge is 2.08. The summed E-state index contributed by atoms with van der Waals surface area (Å²) in [5.41, 5.74) is 0. The first-order valence-corrected chi connectivity index (χ1v) is 14.7. The molecule has 0 unspecified atom stereocenters. The van der Waals surface area contributed by atoms with Crippen LogP contribution in [-0.2, 0) is 0 Å². The highest BCUT2D eigenvalue weighted by atomic mass is 14.1. The van der Waals surface area contributed by atoms with Gasteiger partial charge in [-0.05, 0) is 25.2 Å². The summed E-state index contributed by atoms with van der Waals surface area (Å²) in [5, 5.41) is 0. The maximum absolute atomic E-state index is 2.36. The molecule has 0 aromatic carbocycles. The van der Waals surface area contributed by atoms with Gasteiger partial charge in [0.15, 0.2) is 0 Å². The first kappa shape index (κ1) is 30.0. The number of rotatable bonds is 26. The molecule has 0 spiro atoms. The highest BCUT2D eigenvalue weighted by molar-refractivity contribution is 4.88. The predicted molar refractivity (Wildman–Crippen MR) is 140 cm³/mol. The van der Waals surface area contributed by atoms with Crippen molar-refractivity contribution in [2.75, 3.05) is 0 Å². The lowest BCUT2D eigenvalue weighted by Gasteiger charge is -2.15. The normalized spacial score (nSPS) is 11.6. The summed E-state index contributed by atoms with van der Waals surface area (Å²) in [7, 11) is 0. The lowest BCUT2D eigenvalue weighted by molar-refractivity contribution is 0.515. The predicted octanol–water partition coefficient (Wildman–Crippen LogP) is 11.8. The molecule has 181 valence electrons. The molecular weight excluding hydrogens is 360 g/mol. The van der Waals surface area contributed by atoms with E-state index in [1.165, 1.54) is 167 Å². The lowest BCUT2D eigenvalue weighted by Crippen LogP contribution is -1.98. The second kappa shape index (κ2) is 27.0. The van der Waals surface area contributed by atoms with Crippen molar-refractivity contribution < 1.29 is 0 Å². The van der Waals surface area contributed by atoms with E-state index >= 15 is 0 Å². The first-order valence-electron chi connectivity index (χ1n) is 14.7. The minimum Gasteiger partial charge on any atom is -0.0654 e. The molecule has 0 aliphatic carbocycles. The van der Waals surface area contributed by atoms with Crippen LogP contribution in [0.25, 0.3) is 0 Å². The molecule has 0 saturated carbocycles. The van der Waals surface area contributed by atoms with Gasteiger partial charge in [-0.2, -0.15) is 0 Å². The van der Waals surface area contributed by atoms with E-state index in [2.05, 4.69) is 20.8 Å². The summed E-state index contributed by atoms with van der Waals surface area (Å²) >= 11 is 0. The van der Waals surface area contributed by atoms with Crippen LogP contribution in [0.3, 0.4) is 0 Å². The molecule has 0 aromatic rings. The SMILES string of the molecule is CCCCCCCCCCCCCC[C](CCC)CCCCCCCCCCCC. The fourth-order valence-corrected chi connectivity index (χ4v) is 4.81. The molecule has 0 N–H and O–H groups in total. The van der Waals surface area contributed by atoms with Crippen LogP contribution in [0.15, 0.2) is 0 Å². The zero-order chi connectivity index (χ0) is 22.0. The summed E-state index contributed by atoms with van der Waals surface area (Å²) in [6, 6.07) is 0. The fraction of sp³-hybridized carbons (Fsp3) is 0.967. The van der Waals surface area contributed by atoms with E-state index in [9.17, 15) is 0 Å². The van der Waals surface area contributed by atoms with E-state index in [-0.39, 0.29) is 0 Å². The Hall–Kier alpha value is 0. The largest absolute Gasteiger partial charge is 0.0654 e. The van der Waals surface area contributed by atoms with Crippen LogP contribution >= 0.6 is 0 Å². The van der Waals surface area contributed by atoms with Crippen molar-refractivity contribution in [3.8, 4) is 0 Å². The Balaban J connectivity index is 3.39. The van der Waals surface area contributed by atoms with E-state index in [0.717, 1.165) is 0 Å². The van der Waals surface area contributed by atoms with Crippen LogP contribution in [0.5, 0.6) is 0 Å². The lowest BCUT2D eigenvalue weighted by atomic mass is 9.90. The third-order valence-electron chi connectivity index (χ3n) is 6.87. The Labute approximate surface area is 193 Å². The zero-order valence-corrected chi connectivity index (χ0v) is 21.9. The zero-order valence-electron chi connectivity index (χ0n) is 21.9. The van der Waals surface area contributed by atoms with E-state index in [1.54, 1.807) is 0 Å². The topological polar surface area (TPSA) is 0 Å². The van der Waals surface area contributed by atoms with Gasteiger partial charge in [0.1, 0.15) is 0 Å². The quantitative estimate of drug-likeness (QED) is 0.122. The summed E-state index contributed by atoms with van der Waals surface area (Å²) in [4.78, 5) is 0. The number of hydrogen-bond acceptors (Lipinski definition) is 0. The number of hydrogen-bond donors (Lipinski definition) is 0. The molecule has 0 saturated heterocycles. The minimum absolute atomic E-state index is 1.35. The first-order chi connectivity index (χ1) is 14.8. The maximum atomic E-state index is 2.36. The number of unbranched alkanes of at least 4 members (excludes halogenated alkanes) is 20. The van der Waals surface area contributed by atoms with E-state index < -0.39 is 0 Å². The molecule has 0 atom stereocenters. The van der Waals surface area contributed by atoms with E-state index in [4.69, 9.17) is 0 Å². The second-order valence-corrected chi connectivity index (χ2v) is 10.1. The molecule has 30 heavy (non-hydrogen) atoms. The standard InChI is InChI=1S/C30H61/c1-4-7-9-11-13-15-17-18-20-22-24-26-29-30(27-6-3)28-25-23-21-19-16-14-12-10-8-5-2/h4-29H2,1-3H3. The Morgan fingerprint density at radius 2 is 0.533 bits per heavy atom. The Kier molecular flexibility index (Phi) is 27.0. The van der Waals surface area contributed by atoms with Gasteiger partial charge in [0.2, 0.25) is 0 Å². The van der Waals surface area contributed by atoms with Crippen molar-refractivity contribution in [1.29, 1.82) is 0 Å². The van der Waals surface area contributed by atoms with Gasteiger partial charge in [0, 0.05) is 0 Å². The van der Waals surface area contributed by atoms with Crippen molar-refractivity contribution in [3.05, 3.63) is 5.92 Å². The molecular formula is C30H61. The van der Waals surface area contributed by atoms with E-state index in [0.29, 0.717) is 0 Å². The molecule has 0 heterocycles. The smallest absolute Gasteiger partial charge is 0.0241 e. The van der Waals surface area contributed by atoms with Gasteiger partial charge < -0.3 is 0 Å². The molecule has 0 rings (SSSR count). The maximum Gasteiger partial charge on any atom is -0.0241 e. The average molecular weight is 422 g/mol. The van der Waals surface area contributed by atoms with Crippen LogP contribution in [0.4, 0.5) is 0 Å². The molecule has 0 heteroatoms.